The van der Waals surface area contributed by atoms with Crippen LogP contribution in [0.3, 0.4) is 0 Å². The molecule has 64 valence electrons. The molecule has 0 bridgehead atoms. The molecule has 0 aromatic carbocycles. The lowest BCUT2D eigenvalue weighted by atomic mass is 10.2. The molecule has 0 spiro atoms. The van der Waals surface area contributed by atoms with Crippen LogP contribution < -0.4 is 0 Å². The van der Waals surface area contributed by atoms with Crippen molar-refractivity contribution in [3.8, 4) is 0 Å². The normalized spacial score (nSPS) is 26.4. The number of ether oxygens (including phenoxy) is 1. The van der Waals surface area contributed by atoms with Gasteiger partial charge in [-0.05, 0) is 20.4 Å². The predicted molar refractivity (Wildman–Crippen MR) is 46.7 cm³/mol. The van der Waals surface area contributed by atoms with Crippen molar-refractivity contribution in [3.05, 3.63) is 12.2 Å². The largest absolute Gasteiger partial charge is 0.380 e. The molecule has 2 nitrogen and oxygen atoms in total. The summed E-state index contributed by atoms with van der Waals surface area (Å²) in [4.78, 5) is 2.30. The molecule has 0 radical (unpaired) electrons. The summed E-state index contributed by atoms with van der Waals surface area (Å²) >= 11 is 0. The Morgan fingerprint density at radius 2 is 2.45 bits per heavy atom. The summed E-state index contributed by atoms with van der Waals surface area (Å²) in [5.41, 5.74) is 1.33. The third-order valence-electron chi connectivity index (χ3n) is 2.14. The highest BCUT2D eigenvalue weighted by Crippen LogP contribution is 2.18. The fourth-order valence-corrected chi connectivity index (χ4v) is 1.48. The van der Waals surface area contributed by atoms with E-state index < -0.39 is 0 Å². The van der Waals surface area contributed by atoms with Crippen LogP contribution in [-0.4, -0.2) is 37.7 Å². The zero-order valence-corrected chi connectivity index (χ0v) is 7.47. The van der Waals surface area contributed by atoms with Gasteiger partial charge in [0.25, 0.3) is 0 Å². The van der Waals surface area contributed by atoms with E-state index in [1.54, 1.807) is 0 Å². The molecular weight excluding hydrogens is 138 g/mol. The average Bonchev–Trinajstić information content (AvgIpc) is 2.26. The van der Waals surface area contributed by atoms with Crippen molar-refractivity contribution in [2.45, 2.75) is 19.4 Å². The topological polar surface area (TPSA) is 12.5 Å². The zero-order valence-electron chi connectivity index (χ0n) is 7.47. The van der Waals surface area contributed by atoms with Crippen molar-refractivity contribution in [1.29, 1.82) is 0 Å². The van der Waals surface area contributed by atoms with E-state index in [9.17, 15) is 0 Å². The van der Waals surface area contributed by atoms with Crippen LogP contribution in [0.1, 0.15) is 13.3 Å². The zero-order chi connectivity index (χ0) is 8.27. The maximum atomic E-state index is 5.35. The molecule has 11 heavy (non-hydrogen) atoms. The maximum Gasteiger partial charge on any atom is 0.0624 e. The third kappa shape index (κ3) is 2.31. The summed E-state index contributed by atoms with van der Waals surface area (Å²) < 4.78 is 5.35. The first-order valence-corrected chi connectivity index (χ1v) is 4.18. The van der Waals surface area contributed by atoms with Gasteiger partial charge >= 0.3 is 0 Å². The van der Waals surface area contributed by atoms with Crippen molar-refractivity contribution in [3.63, 3.8) is 0 Å². The Morgan fingerprint density at radius 3 is 2.91 bits per heavy atom. The molecule has 0 aliphatic carbocycles. The van der Waals surface area contributed by atoms with E-state index in [0.717, 1.165) is 26.2 Å². The van der Waals surface area contributed by atoms with E-state index in [1.165, 1.54) is 5.57 Å². The molecule has 1 heterocycles. The molecule has 1 aliphatic heterocycles. The van der Waals surface area contributed by atoms with Gasteiger partial charge in [0.1, 0.15) is 0 Å². The van der Waals surface area contributed by atoms with Crippen LogP contribution in [0.4, 0.5) is 0 Å². The number of likely N-dealkylation sites (tertiary alicyclic amines) is 1. The van der Waals surface area contributed by atoms with Crippen LogP contribution in [0.15, 0.2) is 12.2 Å². The highest BCUT2D eigenvalue weighted by Gasteiger charge is 2.22. The quantitative estimate of drug-likeness (QED) is 0.569. The molecule has 0 N–H and O–H groups in total. The van der Waals surface area contributed by atoms with Crippen LogP contribution in [0.5, 0.6) is 0 Å². The summed E-state index contributed by atoms with van der Waals surface area (Å²) in [6.07, 6.45) is 1.11. The lowest BCUT2D eigenvalue weighted by Crippen LogP contribution is -2.29. The minimum absolute atomic E-state index is 0.572. The van der Waals surface area contributed by atoms with E-state index in [4.69, 9.17) is 4.74 Å². The maximum absolute atomic E-state index is 5.35. The van der Waals surface area contributed by atoms with Crippen molar-refractivity contribution in [2.75, 3.05) is 26.8 Å². The first-order chi connectivity index (χ1) is 5.24. The van der Waals surface area contributed by atoms with Gasteiger partial charge in [0, 0.05) is 19.2 Å². The fourth-order valence-electron chi connectivity index (χ4n) is 1.48. The molecule has 0 aromatic heterocycles. The van der Waals surface area contributed by atoms with Gasteiger partial charge in [-0.2, -0.15) is 0 Å². The Balaban J connectivity index is 2.28. The average molecular weight is 155 g/mol. The van der Waals surface area contributed by atoms with Gasteiger partial charge in [0.2, 0.25) is 0 Å². The van der Waals surface area contributed by atoms with E-state index in [2.05, 4.69) is 18.5 Å². The number of nitrogens with zero attached hydrogens (tertiary/aromatic N) is 1. The van der Waals surface area contributed by atoms with Gasteiger partial charge in [-0.15, -0.1) is 0 Å². The van der Waals surface area contributed by atoms with Gasteiger partial charge in [0.05, 0.1) is 6.61 Å². The highest BCUT2D eigenvalue weighted by molar-refractivity contribution is 5.07. The van der Waals surface area contributed by atoms with Gasteiger partial charge in [-0.1, -0.05) is 12.2 Å². The second kappa shape index (κ2) is 3.88. The van der Waals surface area contributed by atoms with Gasteiger partial charge < -0.3 is 4.74 Å². The molecule has 0 amide bonds. The van der Waals surface area contributed by atoms with Crippen molar-refractivity contribution in [1.82, 2.24) is 4.90 Å². The van der Waals surface area contributed by atoms with Crippen molar-refractivity contribution < 1.29 is 4.74 Å². The third-order valence-corrected chi connectivity index (χ3v) is 2.14. The van der Waals surface area contributed by atoms with Gasteiger partial charge in [-0.3, -0.25) is 4.90 Å². The molecule has 0 aromatic rings. The van der Waals surface area contributed by atoms with E-state index >= 15 is 0 Å². The molecule has 1 aliphatic rings. The summed E-state index contributed by atoms with van der Waals surface area (Å²) in [5.74, 6) is 0. The fraction of sp³-hybridized carbons (Fsp3) is 0.778. The van der Waals surface area contributed by atoms with Crippen LogP contribution in [0, 0.1) is 0 Å². The van der Waals surface area contributed by atoms with Gasteiger partial charge in [0.15, 0.2) is 0 Å². The van der Waals surface area contributed by atoms with Crippen molar-refractivity contribution >= 4 is 0 Å². The minimum Gasteiger partial charge on any atom is -0.380 e. The molecule has 1 rings (SSSR count). The SMILES string of the molecule is C=C1CC(COCC)N(C)C1. The Labute approximate surface area is 68.8 Å². The Bertz CT molecular complexity index is 144. The van der Waals surface area contributed by atoms with Crippen LogP contribution in [-0.2, 0) is 4.74 Å². The summed E-state index contributed by atoms with van der Waals surface area (Å²) in [7, 11) is 2.13. The number of likely N-dealkylation sites (N-methyl/N-ethyl adjacent to an activating group) is 1. The van der Waals surface area contributed by atoms with E-state index in [1.807, 2.05) is 6.92 Å². The predicted octanol–water partition coefficient (Wildman–Crippen LogP) is 1.28. The molecule has 1 fully saturated rings. The Kier molecular flexibility index (Phi) is 3.09. The summed E-state index contributed by atoms with van der Waals surface area (Å²) in [6.45, 7) is 8.71. The van der Waals surface area contributed by atoms with Crippen molar-refractivity contribution in [2.24, 2.45) is 0 Å². The Hall–Kier alpha value is -0.340. The van der Waals surface area contributed by atoms with E-state index in [-0.39, 0.29) is 0 Å². The molecule has 1 unspecified atom stereocenters. The van der Waals surface area contributed by atoms with Crippen LogP contribution >= 0.6 is 0 Å². The second-order valence-corrected chi connectivity index (χ2v) is 3.18. The molecule has 2 heteroatoms. The number of hydrogen-bond donors (Lipinski definition) is 0. The van der Waals surface area contributed by atoms with Gasteiger partial charge in [-0.25, -0.2) is 0 Å². The number of hydrogen-bond acceptors (Lipinski definition) is 2. The molecular formula is C9H17NO. The van der Waals surface area contributed by atoms with Crippen LogP contribution in [0.25, 0.3) is 0 Å². The molecule has 1 saturated heterocycles. The monoisotopic (exact) mass is 155 g/mol. The van der Waals surface area contributed by atoms with Crippen LogP contribution in [0.2, 0.25) is 0 Å². The lowest BCUT2D eigenvalue weighted by Gasteiger charge is -2.17. The minimum atomic E-state index is 0.572. The van der Waals surface area contributed by atoms with E-state index in [0.29, 0.717) is 6.04 Å². The molecule has 0 saturated carbocycles. The smallest absolute Gasteiger partial charge is 0.0624 e. The highest BCUT2D eigenvalue weighted by atomic mass is 16.5. The lowest BCUT2D eigenvalue weighted by molar-refractivity contribution is 0.0950. The summed E-state index contributed by atoms with van der Waals surface area (Å²) in [6, 6.07) is 0.572. The second-order valence-electron chi connectivity index (χ2n) is 3.18. The summed E-state index contributed by atoms with van der Waals surface area (Å²) in [5, 5.41) is 0. The Morgan fingerprint density at radius 1 is 1.73 bits per heavy atom. The first kappa shape index (κ1) is 8.75. The standard InChI is InChI=1S/C9H17NO/c1-4-11-7-9-5-8(2)6-10(9)3/h9H,2,4-7H2,1,3H3. The number of rotatable bonds is 3. The molecule has 1 atom stereocenters. The first-order valence-electron chi connectivity index (χ1n) is 4.18.